The number of hydrogen-bond acceptors (Lipinski definition) is 5. The first-order valence-corrected chi connectivity index (χ1v) is 11.2. The average Bonchev–Trinajstić information content (AvgIpc) is 2.65. The molecule has 3 heterocycles. The highest BCUT2D eigenvalue weighted by Crippen LogP contribution is 2.36. The maximum absolute atomic E-state index is 12.7. The Hall–Kier alpha value is -2.34. The molecule has 1 saturated heterocycles. The van der Waals surface area contributed by atoms with E-state index in [-0.39, 0.29) is 35.2 Å². The fourth-order valence-electron chi connectivity index (χ4n) is 4.72. The van der Waals surface area contributed by atoms with Crippen molar-refractivity contribution in [2.45, 2.75) is 90.4 Å². The van der Waals surface area contributed by atoms with Gasteiger partial charge in [0.2, 0.25) is 5.91 Å². The van der Waals surface area contributed by atoms with Crippen molar-refractivity contribution in [1.82, 2.24) is 5.32 Å². The fourth-order valence-corrected chi connectivity index (χ4v) is 4.72. The third kappa shape index (κ3) is 4.79. The molecule has 1 aromatic carbocycles. The van der Waals surface area contributed by atoms with Crippen LogP contribution in [0, 0.1) is 6.92 Å². The molecule has 1 aromatic heterocycles. The Morgan fingerprint density at radius 1 is 1.19 bits per heavy atom. The second-order valence-corrected chi connectivity index (χ2v) is 10.2. The summed E-state index contributed by atoms with van der Waals surface area (Å²) in [6.45, 7) is 10.8. The molecule has 1 N–H and O–H groups in total. The number of aryl methyl sites for hydroxylation is 2. The van der Waals surface area contributed by atoms with Gasteiger partial charge < -0.3 is 19.2 Å². The second kappa shape index (κ2) is 7.97. The molecular weight excluding hydrogens is 394 g/mol. The summed E-state index contributed by atoms with van der Waals surface area (Å²) >= 11 is 0. The van der Waals surface area contributed by atoms with Crippen molar-refractivity contribution in [3.63, 3.8) is 0 Å². The Labute approximate surface area is 183 Å². The fraction of sp³-hybridized carbons (Fsp3) is 0.600. The Bertz CT molecular complexity index is 1070. The first-order chi connectivity index (χ1) is 14.5. The summed E-state index contributed by atoms with van der Waals surface area (Å²) in [6, 6.07) is 4.02. The zero-order valence-corrected chi connectivity index (χ0v) is 19.2. The highest BCUT2D eigenvalue weighted by atomic mass is 16.5. The maximum Gasteiger partial charge on any atom is 0.339 e. The van der Waals surface area contributed by atoms with Crippen LogP contribution in [0.15, 0.2) is 21.3 Å². The molecule has 1 unspecified atom stereocenters. The summed E-state index contributed by atoms with van der Waals surface area (Å²) < 4.78 is 17.4. The lowest BCUT2D eigenvalue weighted by atomic mass is 9.92. The molecule has 2 aliphatic rings. The van der Waals surface area contributed by atoms with E-state index in [1.54, 1.807) is 0 Å². The summed E-state index contributed by atoms with van der Waals surface area (Å²) in [4.78, 5) is 25.2. The number of carbonyl (C=O) groups excluding carboxylic acids is 1. The van der Waals surface area contributed by atoms with Crippen molar-refractivity contribution in [3.05, 3.63) is 39.2 Å². The molecule has 4 rings (SSSR count). The van der Waals surface area contributed by atoms with Crippen molar-refractivity contribution in [2.75, 3.05) is 6.61 Å². The standard InChI is InChI=1S/C25H33NO5/c1-15-18(6-7-22(27)26-17-9-11-29-25(4,5)14-17)23(28)30-21-13-20-16(12-19(15)21)8-10-24(2,3)31-20/h12-13,17H,6-11,14H2,1-5H3,(H,26,27). The third-order valence-electron chi connectivity index (χ3n) is 6.52. The van der Waals surface area contributed by atoms with E-state index in [2.05, 4.69) is 25.2 Å². The van der Waals surface area contributed by atoms with Gasteiger partial charge in [-0.15, -0.1) is 0 Å². The molecule has 0 aliphatic carbocycles. The van der Waals surface area contributed by atoms with Gasteiger partial charge in [0.1, 0.15) is 16.9 Å². The first kappa shape index (κ1) is 21.9. The van der Waals surface area contributed by atoms with Crippen LogP contribution in [-0.2, 0) is 22.4 Å². The number of carbonyl (C=O) groups is 1. The minimum absolute atomic E-state index is 0.0392. The molecule has 0 bridgehead atoms. The van der Waals surface area contributed by atoms with Crippen molar-refractivity contribution in [2.24, 2.45) is 0 Å². The van der Waals surface area contributed by atoms with Crippen molar-refractivity contribution < 1.29 is 18.7 Å². The smallest absolute Gasteiger partial charge is 0.339 e. The Morgan fingerprint density at radius 2 is 1.97 bits per heavy atom. The molecule has 2 aliphatic heterocycles. The predicted octanol–water partition coefficient (Wildman–Crippen LogP) is 4.21. The van der Waals surface area contributed by atoms with Crippen LogP contribution in [0.1, 0.15) is 70.1 Å². The quantitative estimate of drug-likeness (QED) is 0.740. The van der Waals surface area contributed by atoms with E-state index in [1.165, 1.54) is 0 Å². The molecule has 1 amide bonds. The van der Waals surface area contributed by atoms with E-state index < -0.39 is 0 Å². The van der Waals surface area contributed by atoms with Gasteiger partial charge in [-0.2, -0.15) is 0 Å². The lowest BCUT2D eigenvalue weighted by molar-refractivity contribution is -0.124. The SMILES string of the molecule is Cc1c(CCC(=O)NC2CCOC(C)(C)C2)c(=O)oc2cc3c(cc12)CCC(C)(C)O3. The molecule has 6 nitrogen and oxygen atoms in total. The van der Waals surface area contributed by atoms with Crippen molar-refractivity contribution in [3.8, 4) is 5.75 Å². The number of hydrogen-bond donors (Lipinski definition) is 1. The van der Waals surface area contributed by atoms with Crippen molar-refractivity contribution >= 4 is 16.9 Å². The van der Waals surface area contributed by atoms with Gasteiger partial charge in [0.25, 0.3) is 0 Å². The normalized spacial score (nSPS) is 21.9. The number of ether oxygens (including phenoxy) is 2. The Kier molecular flexibility index (Phi) is 5.63. The van der Waals surface area contributed by atoms with Crippen LogP contribution in [0.3, 0.4) is 0 Å². The van der Waals surface area contributed by atoms with E-state index >= 15 is 0 Å². The van der Waals surface area contributed by atoms with E-state index in [9.17, 15) is 9.59 Å². The zero-order valence-electron chi connectivity index (χ0n) is 19.2. The topological polar surface area (TPSA) is 77.8 Å². The van der Waals surface area contributed by atoms with Gasteiger partial charge in [-0.1, -0.05) is 0 Å². The lowest BCUT2D eigenvalue weighted by Gasteiger charge is -2.35. The molecule has 2 aromatic rings. The Balaban J connectivity index is 1.50. The van der Waals surface area contributed by atoms with Crippen LogP contribution in [-0.4, -0.2) is 29.8 Å². The molecule has 0 radical (unpaired) electrons. The summed E-state index contributed by atoms with van der Waals surface area (Å²) in [7, 11) is 0. The molecule has 1 fully saturated rings. The third-order valence-corrected chi connectivity index (χ3v) is 6.52. The second-order valence-electron chi connectivity index (χ2n) is 10.2. The monoisotopic (exact) mass is 427 g/mol. The van der Waals surface area contributed by atoms with Gasteiger partial charge in [0.15, 0.2) is 0 Å². The number of nitrogens with one attached hydrogen (secondary N) is 1. The van der Waals surface area contributed by atoms with E-state index in [0.717, 1.165) is 47.9 Å². The zero-order chi connectivity index (χ0) is 22.4. The highest BCUT2D eigenvalue weighted by molar-refractivity contribution is 5.84. The van der Waals surface area contributed by atoms with E-state index in [1.807, 2.05) is 26.8 Å². The van der Waals surface area contributed by atoms with Crippen LogP contribution >= 0.6 is 0 Å². The van der Waals surface area contributed by atoms with Gasteiger partial charge in [-0.05, 0) is 83.9 Å². The molecule has 0 saturated carbocycles. The molecule has 1 atom stereocenters. The number of benzene rings is 1. The summed E-state index contributed by atoms with van der Waals surface area (Å²) in [5.41, 5.74) is 2.32. The van der Waals surface area contributed by atoms with Gasteiger partial charge in [-0.25, -0.2) is 4.79 Å². The maximum atomic E-state index is 12.7. The number of rotatable bonds is 4. The van der Waals surface area contributed by atoms with E-state index in [4.69, 9.17) is 13.9 Å². The molecular formula is C25H33NO5. The molecule has 0 spiro atoms. The van der Waals surface area contributed by atoms with Crippen LogP contribution in [0.2, 0.25) is 0 Å². The first-order valence-electron chi connectivity index (χ1n) is 11.2. The van der Waals surface area contributed by atoms with Crippen LogP contribution < -0.4 is 15.7 Å². The van der Waals surface area contributed by atoms with Crippen LogP contribution in [0.25, 0.3) is 11.0 Å². The minimum atomic E-state index is -0.375. The molecule has 6 heteroatoms. The van der Waals surface area contributed by atoms with Crippen molar-refractivity contribution in [1.29, 1.82) is 0 Å². The molecule has 31 heavy (non-hydrogen) atoms. The number of fused-ring (bicyclic) bond motifs is 2. The number of amides is 1. The van der Waals surface area contributed by atoms with Gasteiger partial charge in [-0.3, -0.25) is 4.79 Å². The Morgan fingerprint density at radius 3 is 2.71 bits per heavy atom. The lowest BCUT2D eigenvalue weighted by Crippen LogP contribution is -2.45. The summed E-state index contributed by atoms with van der Waals surface area (Å²) in [5.74, 6) is 0.750. The van der Waals surface area contributed by atoms with Crippen LogP contribution in [0.4, 0.5) is 0 Å². The highest BCUT2D eigenvalue weighted by Gasteiger charge is 2.30. The summed E-state index contributed by atoms with van der Waals surface area (Å²) in [6.07, 6.45) is 4.10. The summed E-state index contributed by atoms with van der Waals surface area (Å²) in [5, 5.41) is 4.02. The minimum Gasteiger partial charge on any atom is -0.487 e. The van der Waals surface area contributed by atoms with Gasteiger partial charge in [0.05, 0.1) is 5.60 Å². The van der Waals surface area contributed by atoms with E-state index in [0.29, 0.717) is 24.2 Å². The largest absolute Gasteiger partial charge is 0.487 e. The predicted molar refractivity (Wildman–Crippen MR) is 120 cm³/mol. The van der Waals surface area contributed by atoms with Crippen LogP contribution in [0.5, 0.6) is 5.75 Å². The molecule has 168 valence electrons. The van der Waals surface area contributed by atoms with Gasteiger partial charge >= 0.3 is 5.63 Å². The average molecular weight is 428 g/mol. The van der Waals surface area contributed by atoms with Gasteiger partial charge in [0, 0.05) is 36.1 Å².